The van der Waals surface area contributed by atoms with Crippen LogP contribution >= 0.6 is 12.2 Å². The third-order valence-corrected chi connectivity index (χ3v) is 4.36. The average Bonchev–Trinajstić information content (AvgIpc) is 2.50. The topological polar surface area (TPSA) is 125 Å². The smallest absolute Gasteiger partial charge is 0.238 e. The lowest BCUT2D eigenvalue weighted by atomic mass is 10.1. The van der Waals surface area contributed by atoms with Crippen LogP contribution in [0.1, 0.15) is 5.56 Å². The monoisotopic (exact) mass is 367 g/mol. The molecule has 0 fully saturated rings. The van der Waals surface area contributed by atoms with E-state index in [-0.39, 0.29) is 16.4 Å². The summed E-state index contributed by atoms with van der Waals surface area (Å²) in [6.07, 6.45) is 0.597. The zero-order chi connectivity index (χ0) is 17.7. The Labute approximate surface area is 145 Å². The highest BCUT2D eigenvalue weighted by Crippen LogP contribution is 2.24. The Bertz CT molecular complexity index is 836. The van der Waals surface area contributed by atoms with E-state index in [9.17, 15) is 18.6 Å². The molecular weight excluding hydrogens is 350 g/mol. The first-order chi connectivity index (χ1) is 11.3. The summed E-state index contributed by atoms with van der Waals surface area (Å²) < 4.78 is 22.3. The van der Waals surface area contributed by atoms with Crippen LogP contribution in [-0.2, 0) is 16.4 Å². The Morgan fingerprint density at radius 3 is 2.33 bits per heavy atom. The number of anilines is 1. The lowest BCUT2D eigenvalue weighted by molar-refractivity contribution is 0.403. The third-order valence-electron chi connectivity index (χ3n) is 3.18. The van der Waals surface area contributed by atoms with Gasteiger partial charge in [-0.05, 0) is 60.6 Å². The summed E-state index contributed by atoms with van der Waals surface area (Å²) in [5.41, 5.74) is 1.47. The molecule has 0 amide bonds. The second-order valence-electron chi connectivity index (χ2n) is 5.02. The van der Waals surface area contributed by atoms with Crippen molar-refractivity contribution in [2.24, 2.45) is 5.14 Å². The number of nitrogens with two attached hydrogens (primary N) is 1. The number of hydrogen-bond acceptors (Lipinski definition) is 5. The molecule has 0 heterocycles. The first-order valence-corrected chi connectivity index (χ1v) is 8.90. The number of hydrogen-bond donors (Lipinski definition) is 5. The molecule has 0 aliphatic carbocycles. The summed E-state index contributed by atoms with van der Waals surface area (Å²) in [6.45, 7) is 0.519. The fraction of sp³-hybridized carbons (Fsp3) is 0.133. The van der Waals surface area contributed by atoms with Gasteiger partial charge in [0.05, 0.1) is 4.90 Å². The Morgan fingerprint density at radius 2 is 1.75 bits per heavy atom. The molecule has 0 saturated heterocycles. The molecule has 0 aliphatic rings. The Kier molecular flexibility index (Phi) is 5.60. The van der Waals surface area contributed by atoms with Gasteiger partial charge in [0.1, 0.15) is 0 Å². The van der Waals surface area contributed by atoms with Crippen LogP contribution in [0, 0.1) is 0 Å². The fourth-order valence-corrected chi connectivity index (χ4v) is 2.68. The number of thiocarbonyl (C=S) groups is 1. The minimum Gasteiger partial charge on any atom is -0.504 e. The molecule has 0 radical (unpaired) electrons. The zero-order valence-corrected chi connectivity index (χ0v) is 14.2. The Balaban J connectivity index is 1.84. The normalized spacial score (nSPS) is 11.0. The second-order valence-corrected chi connectivity index (χ2v) is 6.99. The van der Waals surface area contributed by atoms with Gasteiger partial charge < -0.3 is 20.8 Å². The van der Waals surface area contributed by atoms with Crippen molar-refractivity contribution in [3.63, 3.8) is 0 Å². The molecule has 7 nitrogen and oxygen atoms in total. The van der Waals surface area contributed by atoms with Gasteiger partial charge in [0, 0.05) is 12.2 Å². The lowest BCUT2D eigenvalue weighted by Gasteiger charge is -2.11. The van der Waals surface area contributed by atoms with Crippen LogP contribution in [-0.4, -0.2) is 30.3 Å². The highest BCUT2D eigenvalue weighted by molar-refractivity contribution is 7.89. The van der Waals surface area contributed by atoms with Gasteiger partial charge >= 0.3 is 0 Å². The fourth-order valence-electron chi connectivity index (χ4n) is 1.95. The number of aromatic hydroxyl groups is 2. The Hall–Kier alpha value is -2.36. The summed E-state index contributed by atoms with van der Waals surface area (Å²) in [5.74, 6) is -0.324. The van der Waals surface area contributed by atoms with E-state index in [1.165, 1.54) is 24.3 Å². The van der Waals surface area contributed by atoms with E-state index in [2.05, 4.69) is 10.6 Å². The van der Waals surface area contributed by atoms with Crippen molar-refractivity contribution >= 4 is 33.0 Å². The van der Waals surface area contributed by atoms with Gasteiger partial charge in [-0.2, -0.15) is 0 Å². The standard InChI is InChI=1S/C15H17N3O4S2/c16-24(21,22)12-4-2-11(3-5-12)18-15(23)17-8-7-10-1-6-13(19)14(20)9-10/h1-6,9,19-20H,7-8H2,(H2,16,21,22)(H2,17,18,23). The summed E-state index contributed by atoms with van der Waals surface area (Å²) in [7, 11) is -3.71. The number of rotatable bonds is 5. The van der Waals surface area contributed by atoms with Crippen molar-refractivity contribution in [3.8, 4) is 11.5 Å². The summed E-state index contributed by atoms with van der Waals surface area (Å²) in [6, 6.07) is 10.5. The molecule has 0 atom stereocenters. The van der Waals surface area contributed by atoms with Gasteiger partial charge in [0.15, 0.2) is 16.6 Å². The third kappa shape index (κ3) is 5.08. The van der Waals surface area contributed by atoms with Gasteiger partial charge in [-0.1, -0.05) is 6.07 Å². The van der Waals surface area contributed by atoms with Crippen molar-refractivity contribution < 1.29 is 18.6 Å². The second kappa shape index (κ2) is 7.47. The summed E-state index contributed by atoms with van der Waals surface area (Å²) in [5, 5.41) is 30.0. The number of phenolic OH excluding ortho intramolecular Hbond substituents is 2. The molecule has 0 spiro atoms. The highest BCUT2D eigenvalue weighted by atomic mass is 32.2. The quantitative estimate of drug-likeness (QED) is 0.398. The van der Waals surface area contributed by atoms with Crippen LogP contribution in [0.25, 0.3) is 0 Å². The molecule has 0 aromatic heterocycles. The lowest BCUT2D eigenvalue weighted by Crippen LogP contribution is -2.30. The van der Waals surface area contributed by atoms with E-state index >= 15 is 0 Å². The van der Waals surface area contributed by atoms with Gasteiger partial charge in [-0.25, -0.2) is 13.6 Å². The maximum atomic E-state index is 11.2. The molecule has 0 saturated carbocycles. The Morgan fingerprint density at radius 1 is 1.08 bits per heavy atom. The molecular formula is C15H17N3O4S2. The van der Waals surface area contributed by atoms with Gasteiger partial charge in [-0.15, -0.1) is 0 Å². The van der Waals surface area contributed by atoms with Gasteiger partial charge in [-0.3, -0.25) is 0 Å². The van der Waals surface area contributed by atoms with Crippen LogP contribution in [0.3, 0.4) is 0 Å². The first-order valence-electron chi connectivity index (χ1n) is 6.94. The molecule has 2 rings (SSSR count). The SMILES string of the molecule is NS(=O)(=O)c1ccc(NC(=S)NCCc2ccc(O)c(O)c2)cc1. The van der Waals surface area contributed by atoms with E-state index in [1.54, 1.807) is 18.2 Å². The van der Waals surface area contributed by atoms with Crippen molar-refractivity contribution in [2.45, 2.75) is 11.3 Å². The molecule has 0 bridgehead atoms. The molecule has 128 valence electrons. The maximum absolute atomic E-state index is 11.2. The average molecular weight is 367 g/mol. The van der Waals surface area contributed by atoms with E-state index < -0.39 is 10.0 Å². The number of sulfonamides is 1. The van der Waals surface area contributed by atoms with Gasteiger partial charge in [0.2, 0.25) is 10.0 Å². The van der Waals surface area contributed by atoms with E-state index in [0.717, 1.165) is 5.56 Å². The maximum Gasteiger partial charge on any atom is 0.238 e. The van der Waals surface area contributed by atoms with Crippen LogP contribution in [0.2, 0.25) is 0 Å². The largest absolute Gasteiger partial charge is 0.504 e. The van der Waals surface area contributed by atoms with Gasteiger partial charge in [0.25, 0.3) is 0 Å². The summed E-state index contributed by atoms with van der Waals surface area (Å²) >= 11 is 5.15. The minimum atomic E-state index is -3.71. The molecule has 2 aromatic rings. The number of nitrogens with one attached hydrogen (secondary N) is 2. The van der Waals surface area contributed by atoms with Crippen LogP contribution in [0.5, 0.6) is 11.5 Å². The number of phenols is 2. The molecule has 0 unspecified atom stereocenters. The molecule has 9 heteroatoms. The first kappa shape index (κ1) is 18.0. The zero-order valence-electron chi connectivity index (χ0n) is 12.6. The van der Waals surface area contributed by atoms with Crippen LogP contribution in [0.15, 0.2) is 47.4 Å². The predicted molar refractivity (Wildman–Crippen MR) is 95.5 cm³/mol. The van der Waals surface area contributed by atoms with Crippen LogP contribution in [0.4, 0.5) is 5.69 Å². The molecule has 6 N–H and O–H groups in total. The molecule has 0 aliphatic heterocycles. The molecule has 2 aromatic carbocycles. The van der Waals surface area contributed by atoms with Crippen molar-refractivity contribution in [2.75, 3.05) is 11.9 Å². The number of benzene rings is 2. The van der Waals surface area contributed by atoms with E-state index in [0.29, 0.717) is 23.8 Å². The highest BCUT2D eigenvalue weighted by Gasteiger charge is 2.07. The number of primary sulfonamides is 1. The van der Waals surface area contributed by atoms with Crippen molar-refractivity contribution in [1.29, 1.82) is 0 Å². The van der Waals surface area contributed by atoms with Crippen molar-refractivity contribution in [1.82, 2.24) is 5.32 Å². The van der Waals surface area contributed by atoms with E-state index in [4.69, 9.17) is 17.4 Å². The summed E-state index contributed by atoms with van der Waals surface area (Å²) in [4.78, 5) is 0.0269. The molecule has 24 heavy (non-hydrogen) atoms. The van der Waals surface area contributed by atoms with Crippen molar-refractivity contribution in [3.05, 3.63) is 48.0 Å². The van der Waals surface area contributed by atoms with Crippen LogP contribution < -0.4 is 15.8 Å². The van der Waals surface area contributed by atoms with E-state index in [1.807, 2.05) is 0 Å². The minimum absolute atomic E-state index is 0.0269. The predicted octanol–water partition coefficient (Wildman–Crippen LogP) is 1.27.